The van der Waals surface area contributed by atoms with Gasteiger partial charge in [-0.3, -0.25) is 9.69 Å². The van der Waals surface area contributed by atoms with Crippen LogP contribution in [0, 0.1) is 0 Å². The Labute approximate surface area is 174 Å². The lowest BCUT2D eigenvalue weighted by Gasteiger charge is -2.37. The molecule has 0 unspecified atom stereocenters. The topological polar surface area (TPSA) is 85.4 Å². The van der Waals surface area contributed by atoms with Gasteiger partial charge in [-0.1, -0.05) is 18.2 Å². The molecule has 9 heteroatoms. The fraction of sp³-hybridized carbons (Fsp3) is 0.550. The highest BCUT2D eigenvalue weighted by atomic mass is 32.2. The van der Waals surface area contributed by atoms with Crippen molar-refractivity contribution in [3.63, 3.8) is 0 Å². The van der Waals surface area contributed by atoms with Gasteiger partial charge < -0.3 is 19.1 Å². The Morgan fingerprint density at radius 3 is 2.62 bits per heavy atom. The van der Waals surface area contributed by atoms with Crippen LogP contribution in [0.5, 0.6) is 5.75 Å². The van der Waals surface area contributed by atoms with Gasteiger partial charge >= 0.3 is 12.1 Å². The van der Waals surface area contributed by atoms with Gasteiger partial charge in [0.15, 0.2) is 6.04 Å². The molecule has 0 saturated carbocycles. The van der Waals surface area contributed by atoms with E-state index in [0.717, 1.165) is 11.5 Å². The summed E-state index contributed by atoms with van der Waals surface area (Å²) in [5.74, 6) is 1.58. The number of carbonyl (C=O) groups is 3. The standard InChI is InChI=1S/C20H26N2O6S/c1-26-19(24)17-13-28-20(25)22(17)15-7-9-21(10-8-15)18(23)14-29-12-11-27-16-5-3-2-4-6-16/h2-6,15,17H,7-14H2,1H3/t17-/m0/s1. The Hall–Kier alpha value is -2.42. The van der Waals surface area contributed by atoms with Gasteiger partial charge in [0, 0.05) is 24.9 Å². The number of hydrogen-bond donors (Lipinski definition) is 0. The minimum absolute atomic E-state index is 0.0202. The van der Waals surface area contributed by atoms with E-state index in [1.54, 1.807) is 11.8 Å². The smallest absolute Gasteiger partial charge is 0.410 e. The molecule has 2 aliphatic rings. The van der Waals surface area contributed by atoms with Gasteiger partial charge in [0.2, 0.25) is 5.91 Å². The number of esters is 1. The molecule has 2 heterocycles. The molecule has 29 heavy (non-hydrogen) atoms. The lowest BCUT2D eigenvalue weighted by molar-refractivity contribution is -0.146. The molecular formula is C20H26N2O6S. The van der Waals surface area contributed by atoms with Crippen LogP contribution in [0.15, 0.2) is 30.3 Å². The minimum Gasteiger partial charge on any atom is -0.493 e. The summed E-state index contributed by atoms with van der Waals surface area (Å²) < 4.78 is 15.4. The van der Waals surface area contributed by atoms with Crippen LogP contribution in [0.2, 0.25) is 0 Å². The number of likely N-dealkylation sites (tertiary alicyclic amines) is 1. The second kappa shape index (κ2) is 10.4. The van der Waals surface area contributed by atoms with E-state index < -0.39 is 18.1 Å². The van der Waals surface area contributed by atoms with Crippen LogP contribution < -0.4 is 4.74 Å². The van der Waals surface area contributed by atoms with Crippen molar-refractivity contribution in [2.75, 3.05) is 44.9 Å². The normalized spacial score (nSPS) is 19.8. The SMILES string of the molecule is COC(=O)[C@@H]1COC(=O)N1C1CCN(C(=O)CSCCOc2ccccc2)CC1. The van der Waals surface area contributed by atoms with Crippen LogP contribution in [0.4, 0.5) is 4.79 Å². The second-order valence-corrected chi connectivity index (χ2v) is 7.95. The maximum absolute atomic E-state index is 12.4. The summed E-state index contributed by atoms with van der Waals surface area (Å²) in [6.45, 7) is 1.69. The molecule has 0 N–H and O–H groups in total. The number of cyclic esters (lactones) is 1. The van der Waals surface area contributed by atoms with Crippen LogP contribution in [0.25, 0.3) is 0 Å². The van der Waals surface area contributed by atoms with E-state index in [1.165, 1.54) is 12.0 Å². The van der Waals surface area contributed by atoms with Gasteiger partial charge in [-0.25, -0.2) is 9.59 Å². The number of piperidine rings is 1. The highest BCUT2D eigenvalue weighted by molar-refractivity contribution is 7.99. The Kier molecular flexibility index (Phi) is 7.62. The first kappa shape index (κ1) is 21.3. The average Bonchev–Trinajstić information content (AvgIpc) is 3.15. The summed E-state index contributed by atoms with van der Waals surface area (Å²) in [7, 11) is 1.30. The van der Waals surface area contributed by atoms with Crippen LogP contribution in [-0.4, -0.2) is 84.8 Å². The van der Waals surface area contributed by atoms with Crippen LogP contribution in [0.3, 0.4) is 0 Å². The van der Waals surface area contributed by atoms with Crippen molar-refractivity contribution < 1.29 is 28.6 Å². The number of benzene rings is 1. The monoisotopic (exact) mass is 422 g/mol. The van der Waals surface area contributed by atoms with E-state index in [-0.39, 0.29) is 18.6 Å². The zero-order valence-corrected chi connectivity index (χ0v) is 17.3. The predicted molar refractivity (Wildman–Crippen MR) is 108 cm³/mol. The number of hydrogen-bond acceptors (Lipinski definition) is 7. The average molecular weight is 423 g/mol. The fourth-order valence-corrected chi connectivity index (χ4v) is 4.24. The Morgan fingerprint density at radius 2 is 1.93 bits per heavy atom. The molecule has 0 aromatic heterocycles. The second-order valence-electron chi connectivity index (χ2n) is 6.85. The van der Waals surface area contributed by atoms with E-state index in [1.807, 2.05) is 35.2 Å². The highest BCUT2D eigenvalue weighted by Gasteiger charge is 2.44. The first-order valence-corrected chi connectivity index (χ1v) is 10.8. The Bertz CT molecular complexity index is 708. The predicted octanol–water partition coefficient (Wildman–Crippen LogP) is 1.78. The Morgan fingerprint density at radius 1 is 1.21 bits per heavy atom. The molecule has 2 amide bonds. The summed E-state index contributed by atoms with van der Waals surface area (Å²) in [4.78, 5) is 39.6. The molecular weight excluding hydrogens is 396 g/mol. The maximum atomic E-state index is 12.4. The van der Waals surface area contributed by atoms with Crippen molar-refractivity contribution in [2.45, 2.75) is 24.9 Å². The molecule has 1 aromatic carbocycles. The number of carbonyl (C=O) groups excluding carboxylic acids is 3. The maximum Gasteiger partial charge on any atom is 0.410 e. The molecule has 2 fully saturated rings. The number of rotatable bonds is 8. The van der Waals surface area contributed by atoms with Crippen molar-refractivity contribution in [3.05, 3.63) is 30.3 Å². The number of ether oxygens (including phenoxy) is 3. The van der Waals surface area contributed by atoms with E-state index in [9.17, 15) is 14.4 Å². The van der Waals surface area contributed by atoms with Crippen molar-refractivity contribution in [1.29, 1.82) is 0 Å². The Balaban J connectivity index is 1.37. The molecule has 3 rings (SSSR count). The number of nitrogens with zero attached hydrogens (tertiary/aromatic N) is 2. The molecule has 0 radical (unpaired) electrons. The summed E-state index contributed by atoms with van der Waals surface area (Å²) in [6, 6.07) is 8.77. The summed E-state index contributed by atoms with van der Waals surface area (Å²) in [5.41, 5.74) is 0. The number of para-hydroxylation sites is 1. The van der Waals surface area contributed by atoms with Crippen molar-refractivity contribution in [2.24, 2.45) is 0 Å². The zero-order chi connectivity index (χ0) is 20.6. The van der Waals surface area contributed by atoms with Gasteiger partial charge in [-0.05, 0) is 25.0 Å². The van der Waals surface area contributed by atoms with Crippen LogP contribution >= 0.6 is 11.8 Å². The third kappa shape index (κ3) is 5.56. The molecule has 1 aromatic rings. The van der Waals surface area contributed by atoms with Gasteiger partial charge in [-0.15, -0.1) is 11.8 Å². The summed E-state index contributed by atoms with van der Waals surface area (Å²) in [6.07, 6.45) is 0.755. The first-order chi connectivity index (χ1) is 14.1. The van der Waals surface area contributed by atoms with Gasteiger partial charge in [0.05, 0.1) is 19.5 Å². The highest BCUT2D eigenvalue weighted by Crippen LogP contribution is 2.25. The van der Waals surface area contributed by atoms with Crippen molar-refractivity contribution in [3.8, 4) is 5.75 Å². The van der Waals surface area contributed by atoms with Crippen molar-refractivity contribution in [1.82, 2.24) is 9.80 Å². The largest absolute Gasteiger partial charge is 0.493 e. The van der Waals surface area contributed by atoms with Gasteiger partial charge in [-0.2, -0.15) is 0 Å². The zero-order valence-electron chi connectivity index (χ0n) is 16.5. The summed E-state index contributed by atoms with van der Waals surface area (Å²) in [5, 5.41) is 0. The molecule has 8 nitrogen and oxygen atoms in total. The molecule has 0 aliphatic carbocycles. The lowest BCUT2D eigenvalue weighted by atomic mass is 10.0. The van der Waals surface area contributed by atoms with Crippen LogP contribution in [0.1, 0.15) is 12.8 Å². The molecule has 1 atom stereocenters. The number of amides is 2. The van der Waals surface area contributed by atoms with Gasteiger partial charge in [0.1, 0.15) is 12.4 Å². The van der Waals surface area contributed by atoms with Crippen molar-refractivity contribution >= 4 is 29.7 Å². The van der Waals surface area contributed by atoms with Crippen LogP contribution in [-0.2, 0) is 19.1 Å². The quantitative estimate of drug-likeness (QED) is 0.466. The fourth-order valence-electron chi connectivity index (χ4n) is 3.53. The first-order valence-electron chi connectivity index (χ1n) is 9.66. The minimum atomic E-state index is -0.695. The third-order valence-electron chi connectivity index (χ3n) is 5.06. The number of methoxy groups -OCH3 is 1. The van der Waals surface area contributed by atoms with Gasteiger partial charge in [0.25, 0.3) is 0 Å². The molecule has 2 saturated heterocycles. The molecule has 0 spiro atoms. The lowest BCUT2D eigenvalue weighted by Crippen LogP contribution is -2.52. The van der Waals surface area contributed by atoms with E-state index in [2.05, 4.69) is 0 Å². The van der Waals surface area contributed by atoms with E-state index in [4.69, 9.17) is 14.2 Å². The summed E-state index contributed by atoms with van der Waals surface area (Å²) >= 11 is 1.55. The third-order valence-corrected chi connectivity index (χ3v) is 5.97. The molecule has 2 aliphatic heterocycles. The molecule has 0 bridgehead atoms. The molecule has 158 valence electrons. The number of thioether (sulfide) groups is 1. The van der Waals surface area contributed by atoms with E-state index >= 15 is 0 Å². The van der Waals surface area contributed by atoms with E-state index in [0.29, 0.717) is 38.3 Å².